The quantitative estimate of drug-likeness (QED) is 0.498. The first-order valence-electron chi connectivity index (χ1n) is 9.50. The van der Waals surface area contributed by atoms with Crippen LogP contribution in [0.1, 0.15) is 22.3 Å². The first-order valence-corrected chi connectivity index (χ1v) is 9.50. The molecule has 3 amide bonds. The van der Waals surface area contributed by atoms with Gasteiger partial charge in [0.2, 0.25) is 0 Å². The molecule has 3 aromatic rings. The van der Waals surface area contributed by atoms with Gasteiger partial charge in [0.05, 0.1) is 19.0 Å². The van der Waals surface area contributed by atoms with Gasteiger partial charge in [-0.15, -0.1) is 0 Å². The predicted molar refractivity (Wildman–Crippen MR) is 115 cm³/mol. The highest BCUT2D eigenvalue weighted by Gasteiger charge is 2.12. The van der Waals surface area contributed by atoms with E-state index in [-0.39, 0.29) is 5.91 Å². The number of nitrogens with zero attached hydrogens (tertiary/aromatic N) is 2. The molecule has 0 saturated heterocycles. The number of aromatic nitrogens is 2. The van der Waals surface area contributed by atoms with Crippen molar-refractivity contribution >= 4 is 23.4 Å². The Bertz CT molecular complexity index is 981. The number of carbonyl (C=O) groups is 2. The lowest BCUT2D eigenvalue weighted by molar-refractivity contribution is 0.0953. The average Bonchev–Trinajstić information content (AvgIpc) is 2.78. The smallest absolute Gasteiger partial charge is 0.324 e. The van der Waals surface area contributed by atoms with Gasteiger partial charge in [0.25, 0.3) is 5.91 Å². The number of benzene rings is 2. The summed E-state index contributed by atoms with van der Waals surface area (Å²) in [6, 6.07) is 14.5. The van der Waals surface area contributed by atoms with Crippen molar-refractivity contribution in [2.45, 2.75) is 12.8 Å². The minimum Gasteiger partial charge on any atom is -0.495 e. The van der Waals surface area contributed by atoms with Crippen LogP contribution in [0.2, 0.25) is 0 Å². The lowest BCUT2D eigenvalue weighted by Crippen LogP contribution is -2.25. The Labute approximate surface area is 174 Å². The number of anilines is 2. The van der Waals surface area contributed by atoms with Crippen molar-refractivity contribution in [3.63, 3.8) is 0 Å². The molecule has 0 spiro atoms. The highest BCUT2D eigenvalue weighted by Crippen LogP contribution is 2.25. The summed E-state index contributed by atoms with van der Waals surface area (Å²) in [5.74, 6) is 0.499. The second-order valence-corrected chi connectivity index (χ2v) is 6.43. The topological polar surface area (TPSA) is 105 Å². The monoisotopic (exact) mass is 405 g/mol. The van der Waals surface area contributed by atoms with E-state index in [9.17, 15) is 9.59 Å². The van der Waals surface area contributed by atoms with Crippen LogP contribution in [0.5, 0.6) is 5.75 Å². The van der Waals surface area contributed by atoms with Crippen LogP contribution in [0.25, 0.3) is 0 Å². The van der Waals surface area contributed by atoms with Gasteiger partial charge in [-0.05, 0) is 36.6 Å². The first kappa shape index (κ1) is 20.8. The molecule has 0 radical (unpaired) electrons. The number of aryl methyl sites for hydroxylation is 1. The van der Waals surface area contributed by atoms with Crippen molar-refractivity contribution in [2.24, 2.45) is 0 Å². The molecule has 0 aliphatic heterocycles. The van der Waals surface area contributed by atoms with E-state index in [4.69, 9.17) is 4.74 Å². The van der Waals surface area contributed by atoms with Crippen LogP contribution < -0.4 is 20.7 Å². The summed E-state index contributed by atoms with van der Waals surface area (Å²) in [5.41, 5.74) is 2.12. The molecule has 0 aliphatic rings. The zero-order valence-corrected chi connectivity index (χ0v) is 16.6. The van der Waals surface area contributed by atoms with E-state index in [2.05, 4.69) is 38.1 Å². The van der Waals surface area contributed by atoms with Crippen molar-refractivity contribution < 1.29 is 14.3 Å². The number of hydrogen-bond acceptors (Lipinski definition) is 5. The Balaban J connectivity index is 1.53. The standard InChI is InChI=1S/C22H23N5O3/c1-30-19-14-17(21(28)25-11-5-8-16-6-3-2-4-7-16)9-10-18(19)26-22(29)27-20-15-23-12-13-24-20/h2-4,6-7,9-10,12-15H,5,8,11H2,1H3,(H,25,28)(H2,24,26,27,29). The summed E-state index contributed by atoms with van der Waals surface area (Å²) in [6.45, 7) is 0.566. The molecule has 3 N–H and O–H groups in total. The lowest BCUT2D eigenvalue weighted by Gasteiger charge is -2.12. The zero-order chi connectivity index (χ0) is 21.2. The maximum absolute atomic E-state index is 12.4. The van der Waals surface area contributed by atoms with Crippen molar-refractivity contribution in [1.29, 1.82) is 0 Å². The Morgan fingerprint density at radius 1 is 1.03 bits per heavy atom. The molecule has 8 nitrogen and oxygen atoms in total. The van der Waals surface area contributed by atoms with E-state index in [0.29, 0.717) is 29.4 Å². The number of ether oxygens (including phenoxy) is 1. The predicted octanol–water partition coefficient (Wildman–Crippen LogP) is 3.49. The molecule has 0 saturated carbocycles. The molecule has 1 aromatic heterocycles. The van der Waals surface area contributed by atoms with Crippen LogP contribution in [0.4, 0.5) is 16.3 Å². The summed E-state index contributed by atoms with van der Waals surface area (Å²) in [4.78, 5) is 32.4. The maximum Gasteiger partial charge on any atom is 0.324 e. The van der Waals surface area contributed by atoms with Crippen molar-refractivity contribution in [2.75, 3.05) is 24.3 Å². The third-order valence-corrected chi connectivity index (χ3v) is 4.29. The van der Waals surface area contributed by atoms with E-state index in [0.717, 1.165) is 12.8 Å². The molecule has 1 heterocycles. The summed E-state index contributed by atoms with van der Waals surface area (Å²) in [7, 11) is 1.47. The molecule has 0 atom stereocenters. The van der Waals surface area contributed by atoms with Crippen molar-refractivity contribution in [3.05, 3.63) is 78.2 Å². The van der Waals surface area contributed by atoms with Crippen LogP contribution >= 0.6 is 0 Å². The Kier molecular flexibility index (Phi) is 7.32. The van der Waals surface area contributed by atoms with E-state index in [1.165, 1.54) is 31.3 Å². The molecule has 3 rings (SSSR count). The second kappa shape index (κ2) is 10.6. The van der Waals surface area contributed by atoms with Crippen LogP contribution in [-0.2, 0) is 6.42 Å². The maximum atomic E-state index is 12.4. The van der Waals surface area contributed by atoms with Gasteiger partial charge in [-0.1, -0.05) is 30.3 Å². The number of rotatable bonds is 8. The van der Waals surface area contributed by atoms with Crippen molar-refractivity contribution in [3.8, 4) is 5.75 Å². The lowest BCUT2D eigenvalue weighted by atomic mass is 10.1. The van der Waals surface area contributed by atoms with Gasteiger partial charge in [0, 0.05) is 24.5 Å². The molecular weight excluding hydrogens is 382 g/mol. The van der Waals surface area contributed by atoms with Gasteiger partial charge < -0.3 is 15.4 Å². The minimum atomic E-state index is -0.494. The fraction of sp³-hybridized carbons (Fsp3) is 0.182. The Morgan fingerprint density at radius 2 is 1.87 bits per heavy atom. The molecule has 0 aliphatic carbocycles. The SMILES string of the molecule is COc1cc(C(=O)NCCCc2ccccc2)ccc1NC(=O)Nc1cnccn1. The first-order chi connectivity index (χ1) is 14.7. The normalized spacial score (nSPS) is 10.2. The number of hydrogen-bond donors (Lipinski definition) is 3. The molecule has 30 heavy (non-hydrogen) atoms. The largest absolute Gasteiger partial charge is 0.495 e. The van der Waals surface area contributed by atoms with E-state index in [1.54, 1.807) is 18.2 Å². The van der Waals surface area contributed by atoms with Crippen LogP contribution in [-0.4, -0.2) is 35.6 Å². The third kappa shape index (κ3) is 6.03. The second-order valence-electron chi connectivity index (χ2n) is 6.43. The number of amides is 3. The van der Waals surface area contributed by atoms with Crippen molar-refractivity contribution in [1.82, 2.24) is 15.3 Å². The van der Waals surface area contributed by atoms with Crippen LogP contribution in [0.3, 0.4) is 0 Å². The van der Waals surface area contributed by atoms with E-state index >= 15 is 0 Å². The van der Waals surface area contributed by atoms with Crippen LogP contribution in [0.15, 0.2) is 67.1 Å². The highest BCUT2D eigenvalue weighted by molar-refractivity contribution is 6.01. The Morgan fingerprint density at radius 3 is 2.60 bits per heavy atom. The van der Waals surface area contributed by atoms with Gasteiger partial charge >= 0.3 is 6.03 Å². The summed E-state index contributed by atoms with van der Waals surface area (Å²) >= 11 is 0. The van der Waals surface area contributed by atoms with Gasteiger partial charge in [0.1, 0.15) is 5.75 Å². The Hall–Kier alpha value is -3.94. The van der Waals surface area contributed by atoms with E-state index < -0.39 is 6.03 Å². The van der Waals surface area contributed by atoms with Gasteiger partial charge in [-0.25, -0.2) is 9.78 Å². The number of carbonyl (C=O) groups excluding carboxylic acids is 2. The third-order valence-electron chi connectivity index (χ3n) is 4.29. The van der Waals surface area contributed by atoms with Gasteiger partial charge in [-0.3, -0.25) is 15.1 Å². The fourth-order valence-corrected chi connectivity index (χ4v) is 2.81. The van der Waals surface area contributed by atoms with E-state index in [1.807, 2.05) is 18.2 Å². The van der Waals surface area contributed by atoms with Gasteiger partial charge in [-0.2, -0.15) is 0 Å². The minimum absolute atomic E-state index is 0.197. The number of urea groups is 1. The number of nitrogens with one attached hydrogen (secondary N) is 3. The molecule has 8 heteroatoms. The highest BCUT2D eigenvalue weighted by atomic mass is 16.5. The molecule has 0 unspecified atom stereocenters. The summed E-state index contributed by atoms with van der Waals surface area (Å²) in [5, 5.41) is 8.14. The molecule has 0 bridgehead atoms. The zero-order valence-electron chi connectivity index (χ0n) is 16.6. The molecular formula is C22H23N5O3. The summed E-state index contributed by atoms with van der Waals surface area (Å²) in [6.07, 6.45) is 6.16. The molecule has 0 fully saturated rings. The van der Waals surface area contributed by atoms with Crippen LogP contribution in [0, 0.1) is 0 Å². The fourth-order valence-electron chi connectivity index (χ4n) is 2.81. The molecule has 2 aromatic carbocycles. The molecule has 154 valence electrons. The van der Waals surface area contributed by atoms with Gasteiger partial charge in [0.15, 0.2) is 5.82 Å². The average molecular weight is 405 g/mol. The summed E-state index contributed by atoms with van der Waals surface area (Å²) < 4.78 is 5.32. The number of methoxy groups -OCH3 is 1.